The summed E-state index contributed by atoms with van der Waals surface area (Å²) in [4.78, 5) is 2.42. The van der Waals surface area contributed by atoms with Crippen molar-refractivity contribution < 1.29 is 9.84 Å². The molecule has 1 fully saturated rings. The smallest absolute Gasteiger partial charge is 0.0587 e. The lowest BCUT2D eigenvalue weighted by molar-refractivity contribution is 0.199. The summed E-state index contributed by atoms with van der Waals surface area (Å²) in [6.07, 6.45) is 2.12. The van der Waals surface area contributed by atoms with E-state index in [1.54, 1.807) is 7.11 Å². The van der Waals surface area contributed by atoms with Crippen molar-refractivity contribution in [2.45, 2.75) is 19.4 Å². The van der Waals surface area contributed by atoms with E-state index in [4.69, 9.17) is 9.84 Å². The van der Waals surface area contributed by atoms with Crippen molar-refractivity contribution in [3.63, 3.8) is 0 Å². The third-order valence-electron chi connectivity index (χ3n) is 3.94. The number of benzene rings is 1. The molecule has 112 valence electrons. The highest BCUT2D eigenvalue weighted by molar-refractivity contribution is 5.48. The molecular weight excluding hydrogens is 252 g/mol. The Balaban J connectivity index is 1.79. The Kier molecular flexibility index (Phi) is 6.30. The van der Waals surface area contributed by atoms with E-state index in [1.165, 1.54) is 17.7 Å². The molecule has 1 heterocycles. The summed E-state index contributed by atoms with van der Waals surface area (Å²) in [7, 11) is 1.72. The van der Waals surface area contributed by atoms with Crippen LogP contribution in [0, 0.1) is 5.92 Å². The second-order valence-electron chi connectivity index (χ2n) is 5.45. The maximum atomic E-state index is 9.01. The topological polar surface area (TPSA) is 44.7 Å². The monoisotopic (exact) mass is 278 g/mol. The summed E-state index contributed by atoms with van der Waals surface area (Å²) < 4.78 is 5.01. The first kappa shape index (κ1) is 15.3. The minimum atomic E-state index is 0.310. The summed E-state index contributed by atoms with van der Waals surface area (Å²) in [6.45, 7) is 5.01. The van der Waals surface area contributed by atoms with Gasteiger partial charge in [-0.2, -0.15) is 0 Å². The fraction of sp³-hybridized carbons (Fsp3) is 0.625. The average molecular weight is 278 g/mol. The normalized spacial score (nSPS) is 18.7. The van der Waals surface area contributed by atoms with Gasteiger partial charge in [0.2, 0.25) is 0 Å². The summed E-state index contributed by atoms with van der Waals surface area (Å²) in [5.74, 6) is 0.649. The Labute approximate surface area is 121 Å². The molecule has 0 aliphatic carbocycles. The van der Waals surface area contributed by atoms with Crippen LogP contribution in [0.4, 0.5) is 5.69 Å². The minimum absolute atomic E-state index is 0.310. The number of methoxy groups -OCH3 is 1. The van der Waals surface area contributed by atoms with E-state index in [0.29, 0.717) is 12.5 Å². The van der Waals surface area contributed by atoms with Crippen LogP contribution in [0.5, 0.6) is 0 Å². The Bertz CT molecular complexity index is 381. The fourth-order valence-electron chi connectivity index (χ4n) is 2.72. The largest absolute Gasteiger partial charge is 0.396 e. The molecule has 0 saturated carbocycles. The maximum Gasteiger partial charge on any atom is 0.0587 e. The van der Waals surface area contributed by atoms with Gasteiger partial charge in [-0.25, -0.2) is 0 Å². The lowest BCUT2D eigenvalue weighted by atomic mass is 10.1. The van der Waals surface area contributed by atoms with Crippen molar-refractivity contribution in [3.8, 4) is 0 Å². The zero-order valence-corrected chi connectivity index (χ0v) is 12.3. The second-order valence-corrected chi connectivity index (χ2v) is 5.45. The summed E-state index contributed by atoms with van der Waals surface area (Å²) in [5, 5.41) is 12.4. The van der Waals surface area contributed by atoms with Gasteiger partial charge in [-0.1, -0.05) is 12.1 Å². The van der Waals surface area contributed by atoms with Crippen molar-refractivity contribution in [2.75, 3.05) is 44.9 Å². The van der Waals surface area contributed by atoms with E-state index < -0.39 is 0 Å². The SMILES string of the molecule is COCCNCc1ccc(N2CCC(CCO)C2)cc1. The van der Waals surface area contributed by atoms with Gasteiger partial charge < -0.3 is 20.1 Å². The molecule has 1 aromatic rings. The molecule has 0 bridgehead atoms. The zero-order chi connectivity index (χ0) is 14.2. The van der Waals surface area contributed by atoms with Crippen LogP contribution < -0.4 is 10.2 Å². The standard InChI is InChI=1S/C16H26N2O2/c1-20-11-8-17-12-14-2-4-16(5-3-14)18-9-6-15(13-18)7-10-19/h2-5,15,17,19H,6-13H2,1H3. The Hall–Kier alpha value is -1.10. The molecule has 20 heavy (non-hydrogen) atoms. The molecule has 1 saturated heterocycles. The van der Waals surface area contributed by atoms with Crippen LogP contribution in [0.1, 0.15) is 18.4 Å². The van der Waals surface area contributed by atoms with Crippen molar-refractivity contribution in [1.29, 1.82) is 0 Å². The Morgan fingerprint density at radius 3 is 2.85 bits per heavy atom. The molecule has 1 aliphatic rings. The molecule has 1 aliphatic heterocycles. The van der Waals surface area contributed by atoms with Gasteiger partial charge in [0.1, 0.15) is 0 Å². The van der Waals surface area contributed by atoms with Crippen LogP contribution in [0.2, 0.25) is 0 Å². The number of hydrogen-bond acceptors (Lipinski definition) is 4. The van der Waals surface area contributed by atoms with Crippen molar-refractivity contribution in [1.82, 2.24) is 5.32 Å². The highest BCUT2D eigenvalue weighted by Gasteiger charge is 2.21. The van der Waals surface area contributed by atoms with Gasteiger partial charge >= 0.3 is 0 Å². The number of nitrogens with zero attached hydrogens (tertiary/aromatic N) is 1. The lowest BCUT2D eigenvalue weighted by Crippen LogP contribution is -2.20. The molecule has 1 atom stereocenters. The van der Waals surface area contributed by atoms with Crippen molar-refractivity contribution in [2.24, 2.45) is 5.92 Å². The summed E-state index contributed by atoms with van der Waals surface area (Å²) in [5.41, 5.74) is 2.60. The summed E-state index contributed by atoms with van der Waals surface area (Å²) >= 11 is 0. The van der Waals surface area contributed by atoms with Gasteiger partial charge in [0.25, 0.3) is 0 Å². The van der Waals surface area contributed by atoms with Crippen LogP contribution in [0.25, 0.3) is 0 Å². The van der Waals surface area contributed by atoms with E-state index in [-0.39, 0.29) is 0 Å². The van der Waals surface area contributed by atoms with Crippen LogP contribution in [0.3, 0.4) is 0 Å². The van der Waals surface area contributed by atoms with Gasteiger partial charge in [-0.15, -0.1) is 0 Å². The van der Waals surface area contributed by atoms with E-state index in [9.17, 15) is 0 Å². The lowest BCUT2D eigenvalue weighted by Gasteiger charge is -2.19. The molecule has 0 aromatic heterocycles. The number of rotatable bonds is 8. The molecule has 4 heteroatoms. The number of aliphatic hydroxyl groups excluding tert-OH is 1. The van der Waals surface area contributed by atoms with E-state index in [1.807, 2.05) is 0 Å². The molecule has 2 N–H and O–H groups in total. The molecular formula is C16H26N2O2. The second kappa shape index (κ2) is 8.25. The van der Waals surface area contributed by atoms with Gasteiger partial charge in [-0.3, -0.25) is 0 Å². The van der Waals surface area contributed by atoms with Crippen molar-refractivity contribution in [3.05, 3.63) is 29.8 Å². The zero-order valence-electron chi connectivity index (χ0n) is 12.3. The minimum Gasteiger partial charge on any atom is -0.396 e. The highest BCUT2D eigenvalue weighted by Crippen LogP contribution is 2.25. The van der Waals surface area contributed by atoms with Crippen LogP contribution in [-0.2, 0) is 11.3 Å². The van der Waals surface area contributed by atoms with Gasteiger partial charge in [0.15, 0.2) is 0 Å². The number of anilines is 1. The fourth-order valence-corrected chi connectivity index (χ4v) is 2.72. The van der Waals surface area contributed by atoms with E-state index >= 15 is 0 Å². The number of aliphatic hydroxyl groups is 1. The van der Waals surface area contributed by atoms with Crippen LogP contribution in [0.15, 0.2) is 24.3 Å². The van der Waals surface area contributed by atoms with Crippen LogP contribution >= 0.6 is 0 Å². The average Bonchev–Trinajstić information content (AvgIpc) is 2.93. The molecule has 1 aromatic carbocycles. The maximum absolute atomic E-state index is 9.01. The molecule has 4 nitrogen and oxygen atoms in total. The predicted octanol–water partition coefficient (Wildman–Crippen LogP) is 1.63. The number of hydrogen-bond donors (Lipinski definition) is 2. The van der Waals surface area contributed by atoms with Gasteiger partial charge in [0, 0.05) is 45.6 Å². The van der Waals surface area contributed by atoms with Gasteiger partial charge in [-0.05, 0) is 36.5 Å². The first-order chi connectivity index (χ1) is 9.83. The highest BCUT2D eigenvalue weighted by atomic mass is 16.5. The first-order valence-electron chi connectivity index (χ1n) is 7.48. The summed E-state index contributed by atoms with van der Waals surface area (Å²) in [6, 6.07) is 8.78. The van der Waals surface area contributed by atoms with Gasteiger partial charge in [0.05, 0.1) is 6.61 Å². The number of ether oxygens (including phenoxy) is 1. The molecule has 0 spiro atoms. The third kappa shape index (κ3) is 4.47. The quantitative estimate of drug-likeness (QED) is 0.710. The first-order valence-corrected chi connectivity index (χ1v) is 7.48. The van der Waals surface area contributed by atoms with Crippen molar-refractivity contribution >= 4 is 5.69 Å². The predicted molar refractivity (Wildman–Crippen MR) is 82.0 cm³/mol. The Morgan fingerprint density at radius 2 is 2.15 bits per heavy atom. The van der Waals surface area contributed by atoms with Crippen LogP contribution in [-0.4, -0.2) is 45.1 Å². The molecule has 0 radical (unpaired) electrons. The van der Waals surface area contributed by atoms with E-state index in [2.05, 4.69) is 34.5 Å². The molecule has 1 unspecified atom stereocenters. The van der Waals surface area contributed by atoms with E-state index in [0.717, 1.165) is 39.2 Å². The molecule has 0 amide bonds. The number of nitrogens with one attached hydrogen (secondary N) is 1. The third-order valence-corrected chi connectivity index (χ3v) is 3.94. The Morgan fingerprint density at radius 1 is 1.35 bits per heavy atom. The molecule has 2 rings (SSSR count).